The van der Waals surface area contributed by atoms with Crippen LogP contribution in [0.1, 0.15) is 38.8 Å². The average Bonchev–Trinajstić information content (AvgIpc) is 2.26. The van der Waals surface area contributed by atoms with Crippen LogP contribution in [0.5, 0.6) is 5.75 Å². The molecule has 0 aliphatic carbocycles. The van der Waals surface area contributed by atoms with Gasteiger partial charge in [-0.2, -0.15) is 0 Å². The predicted octanol–water partition coefficient (Wildman–Crippen LogP) is 3.13. The molecule has 0 saturated heterocycles. The van der Waals surface area contributed by atoms with Crippen molar-refractivity contribution in [1.82, 2.24) is 0 Å². The van der Waals surface area contributed by atoms with E-state index in [0.29, 0.717) is 5.92 Å². The standard InChI is InChI=1S/C13H21NO/c1-4-13(14)11-5-7-12(8-6-11)15-9-10(2)3/h5-8,10,13H,4,9,14H2,1-3H3/t13-/m0/s1. The third kappa shape index (κ3) is 3.92. The molecule has 0 radical (unpaired) electrons. The van der Waals surface area contributed by atoms with Crippen LogP contribution in [-0.4, -0.2) is 6.61 Å². The van der Waals surface area contributed by atoms with E-state index in [9.17, 15) is 0 Å². The lowest BCUT2D eigenvalue weighted by Crippen LogP contribution is -2.08. The van der Waals surface area contributed by atoms with Crippen molar-refractivity contribution in [1.29, 1.82) is 0 Å². The van der Waals surface area contributed by atoms with E-state index in [1.807, 2.05) is 24.3 Å². The molecule has 2 nitrogen and oxygen atoms in total. The second kappa shape index (κ2) is 5.76. The van der Waals surface area contributed by atoms with Gasteiger partial charge in [0.05, 0.1) is 6.61 Å². The molecule has 2 N–H and O–H groups in total. The molecule has 0 aromatic heterocycles. The SMILES string of the molecule is CC[C@H](N)c1ccc(OCC(C)C)cc1. The Balaban J connectivity index is 2.56. The van der Waals surface area contributed by atoms with Gasteiger partial charge in [-0.25, -0.2) is 0 Å². The molecular weight excluding hydrogens is 186 g/mol. The molecular formula is C13H21NO. The van der Waals surface area contributed by atoms with E-state index in [4.69, 9.17) is 10.5 Å². The van der Waals surface area contributed by atoms with Crippen molar-refractivity contribution in [2.75, 3.05) is 6.61 Å². The molecule has 84 valence electrons. The van der Waals surface area contributed by atoms with Crippen molar-refractivity contribution in [2.45, 2.75) is 33.2 Å². The summed E-state index contributed by atoms with van der Waals surface area (Å²) in [7, 11) is 0. The molecule has 0 unspecified atom stereocenters. The second-order valence-electron chi connectivity index (χ2n) is 4.29. The first-order valence-electron chi connectivity index (χ1n) is 5.61. The lowest BCUT2D eigenvalue weighted by Gasteiger charge is -2.11. The van der Waals surface area contributed by atoms with E-state index in [-0.39, 0.29) is 6.04 Å². The molecule has 0 bridgehead atoms. The molecule has 1 rings (SSSR count). The third-order valence-electron chi connectivity index (χ3n) is 2.33. The summed E-state index contributed by atoms with van der Waals surface area (Å²) in [5.41, 5.74) is 7.10. The minimum absolute atomic E-state index is 0.143. The molecule has 1 atom stereocenters. The van der Waals surface area contributed by atoms with E-state index < -0.39 is 0 Å². The van der Waals surface area contributed by atoms with Crippen LogP contribution in [-0.2, 0) is 0 Å². The van der Waals surface area contributed by atoms with Crippen molar-refractivity contribution in [3.05, 3.63) is 29.8 Å². The van der Waals surface area contributed by atoms with E-state index in [1.165, 1.54) is 5.56 Å². The highest BCUT2D eigenvalue weighted by Gasteiger charge is 2.03. The first kappa shape index (κ1) is 12.1. The summed E-state index contributed by atoms with van der Waals surface area (Å²) in [5, 5.41) is 0. The van der Waals surface area contributed by atoms with Crippen LogP contribution in [0.2, 0.25) is 0 Å². The van der Waals surface area contributed by atoms with Crippen molar-refractivity contribution in [2.24, 2.45) is 11.7 Å². The zero-order chi connectivity index (χ0) is 11.3. The largest absolute Gasteiger partial charge is 0.493 e. The average molecular weight is 207 g/mol. The zero-order valence-corrected chi connectivity index (χ0v) is 9.86. The molecule has 0 aliphatic heterocycles. The highest BCUT2D eigenvalue weighted by molar-refractivity contribution is 5.28. The minimum Gasteiger partial charge on any atom is -0.493 e. The van der Waals surface area contributed by atoms with Crippen molar-refractivity contribution < 1.29 is 4.74 Å². The fourth-order valence-electron chi connectivity index (χ4n) is 1.31. The van der Waals surface area contributed by atoms with Crippen LogP contribution >= 0.6 is 0 Å². The van der Waals surface area contributed by atoms with Crippen LogP contribution in [0.3, 0.4) is 0 Å². The number of rotatable bonds is 5. The Morgan fingerprint density at radius 2 is 1.80 bits per heavy atom. The lowest BCUT2D eigenvalue weighted by atomic mass is 10.1. The molecule has 0 spiro atoms. The van der Waals surface area contributed by atoms with Gasteiger partial charge in [0.25, 0.3) is 0 Å². The van der Waals surface area contributed by atoms with Gasteiger partial charge in [-0.1, -0.05) is 32.9 Å². The van der Waals surface area contributed by atoms with Gasteiger partial charge in [0.15, 0.2) is 0 Å². The Morgan fingerprint density at radius 3 is 2.27 bits per heavy atom. The third-order valence-corrected chi connectivity index (χ3v) is 2.33. The smallest absolute Gasteiger partial charge is 0.119 e. The number of hydrogen-bond donors (Lipinski definition) is 1. The van der Waals surface area contributed by atoms with Crippen LogP contribution in [0.25, 0.3) is 0 Å². The molecule has 1 aromatic rings. The number of nitrogens with two attached hydrogens (primary N) is 1. The van der Waals surface area contributed by atoms with E-state index in [0.717, 1.165) is 18.8 Å². The molecule has 1 aromatic carbocycles. The summed E-state index contributed by atoms with van der Waals surface area (Å²) in [6.45, 7) is 7.13. The molecule has 15 heavy (non-hydrogen) atoms. The maximum Gasteiger partial charge on any atom is 0.119 e. The Hall–Kier alpha value is -1.02. The normalized spacial score (nSPS) is 12.9. The molecule has 0 aliphatic rings. The number of hydrogen-bond acceptors (Lipinski definition) is 2. The van der Waals surface area contributed by atoms with E-state index >= 15 is 0 Å². The first-order valence-corrected chi connectivity index (χ1v) is 5.61. The Morgan fingerprint density at radius 1 is 1.20 bits per heavy atom. The van der Waals surface area contributed by atoms with Gasteiger partial charge in [0, 0.05) is 6.04 Å². The summed E-state index contributed by atoms with van der Waals surface area (Å²) in [6.07, 6.45) is 0.964. The number of ether oxygens (including phenoxy) is 1. The van der Waals surface area contributed by atoms with Gasteiger partial charge in [-0.3, -0.25) is 0 Å². The first-order chi connectivity index (χ1) is 7.13. The van der Waals surface area contributed by atoms with Gasteiger partial charge in [-0.15, -0.1) is 0 Å². The van der Waals surface area contributed by atoms with Crippen molar-refractivity contribution >= 4 is 0 Å². The van der Waals surface area contributed by atoms with Crippen LogP contribution in [0.4, 0.5) is 0 Å². The van der Waals surface area contributed by atoms with Gasteiger partial charge in [0.1, 0.15) is 5.75 Å². The second-order valence-corrected chi connectivity index (χ2v) is 4.29. The van der Waals surface area contributed by atoms with Crippen molar-refractivity contribution in [3.63, 3.8) is 0 Å². The van der Waals surface area contributed by atoms with Crippen molar-refractivity contribution in [3.8, 4) is 5.75 Å². The molecule has 0 fully saturated rings. The Kier molecular flexibility index (Phi) is 4.63. The van der Waals surface area contributed by atoms with Crippen LogP contribution in [0.15, 0.2) is 24.3 Å². The van der Waals surface area contributed by atoms with Gasteiger partial charge < -0.3 is 10.5 Å². The maximum atomic E-state index is 5.93. The topological polar surface area (TPSA) is 35.2 Å². The lowest BCUT2D eigenvalue weighted by molar-refractivity contribution is 0.271. The highest BCUT2D eigenvalue weighted by atomic mass is 16.5. The number of benzene rings is 1. The highest BCUT2D eigenvalue weighted by Crippen LogP contribution is 2.18. The molecule has 0 saturated carbocycles. The molecule has 2 heteroatoms. The zero-order valence-electron chi connectivity index (χ0n) is 9.86. The quantitative estimate of drug-likeness (QED) is 0.805. The van der Waals surface area contributed by atoms with Crippen LogP contribution in [0, 0.1) is 5.92 Å². The molecule has 0 heterocycles. The molecule has 0 amide bonds. The van der Waals surface area contributed by atoms with Gasteiger partial charge in [-0.05, 0) is 30.0 Å². The van der Waals surface area contributed by atoms with E-state index in [2.05, 4.69) is 20.8 Å². The Labute approximate surface area is 92.4 Å². The fourth-order valence-corrected chi connectivity index (χ4v) is 1.31. The van der Waals surface area contributed by atoms with Gasteiger partial charge >= 0.3 is 0 Å². The summed E-state index contributed by atoms with van der Waals surface area (Å²) in [5.74, 6) is 1.48. The van der Waals surface area contributed by atoms with E-state index in [1.54, 1.807) is 0 Å². The Bertz CT molecular complexity index is 279. The summed E-state index contributed by atoms with van der Waals surface area (Å²) < 4.78 is 5.59. The van der Waals surface area contributed by atoms with Crippen LogP contribution < -0.4 is 10.5 Å². The maximum absolute atomic E-state index is 5.93. The summed E-state index contributed by atoms with van der Waals surface area (Å²) in [6, 6.07) is 8.22. The predicted molar refractivity (Wildman–Crippen MR) is 64.0 cm³/mol. The monoisotopic (exact) mass is 207 g/mol. The fraction of sp³-hybridized carbons (Fsp3) is 0.538. The minimum atomic E-state index is 0.143. The van der Waals surface area contributed by atoms with Gasteiger partial charge in [0.2, 0.25) is 0 Å². The summed E-state index contributed by atoms with van der Waals surface area (Å²) in [4.78, 5) is 0. The summed E-state index contributed by atoms with van der Waals surface area (Å²) >= 11 is 0.